The van der Waals surface area contributed by atoms with Crippen molar-refractivity contribution in [2.75, 3.05) is 5.73 Å². The van der Waals surface area contributed by atoms with E-state index >= 15 is 0 Å². The van der Waals surface area contributed by atoms with Gasteiger partial charge in [0.1, 0.15) is 0 Å². The van der Waals surface area contributed by atoms with Gasteiger partial charge in [0.05, 0.1) is 11.0 Å². The Morgan fingerprint density at radius 2 is 1.82 bits per heavy atom. The van der Waals surface area contributed by atoms with Crippen LogP contribution in [0.25, 0.3) is 11.0 Å². The van der Waals surface area contributed by atoms with Crippen LogP contribution in [0.2, 0.25) is 0 Å². The summed E-state index contributed by atoms with van der Waals surface area (Å²) in [5.41, 5.74) is 8.49. The Labute approximate surface area is 127 Å². The molecule has 3 N–H and O–H groups in total. The molecule has 0 aliphatic heterocycles. The molecular weight excluding hydrogens is 278 g/mol. The molecule has 0 aliphatic rings. The maximum absolute atomic E-state index is 12.6. The average molecular weight is 295 g/mol. The zero-order valence-electron chi connectivity index (χ0n) is 12.5. The number of carbonyl (C=O) groups is 1. The molecule has 0 saturated carbocycles. The molecule has 0 amide bonds. The van der Waals surface area contributed by atoms with Crippen LogP contribution in [0.15, 0.2) is 47.3 Å². The highest BCUT2D eigenvalue weighted by Crippen LogP contribution is 2.18. The molecule has 0 radical (unpaired) electrons. The first-order valence-corrected chi connectivity index (χ1v) is 7.12. The first-order chi connectivity index (χ1) is 10.5. The van der Waals surface area contributed by atoms with E-state index in [2.05, 4.69) is 18.8 Å². The summed E-state index contributed by atoms with van der Waals surface area (Å²) in [7, 11) is 0. The lowest BCUT2D eigenvalue weighted by Gasteiger charge is -2.07. The molecule has 22 heavy (non-hydrogen) atoms. The predicted octanol–water partition coefficient (Wildman–Crippen LogP) is 2.72. The molecule has 0 bridgehead atoms. The van der Waals surface area contributed by atoms with Crippen molar-refractivity contribution in [3.8, 4) is 0 Å². The second-order valence-electron chi connectivity index (χ2n) is 5.62. The number of imidazole rings is 1. The zero-order chi connectivity index (χ0) is 15.9. The number of anilines is 1. The van der Waals surface area contributed by atoms with Crippen molar-refractivity contribution < 1.29 is 4.79 Å². The fourth-order valence-corrected chi connectivity index (χ4v) is 2.46. The normalized spacial score (nSPS) is 11.2. The van der Waals surface area contributed by atoms with Crippen molar-refractivity contribution in [3.05, 3.63) is 64.1 Å². The van der Waals surface area contributed by atoms with Gasteiger partial charge in [0.15, 0.2) is 0 Å². The standard InChI is InChI=1S/C17H17N3O2/c1-10(2)11-3-5-12(6-4-11)16(21)20-15-9-13(18)7-8-14(15)19-17(20)22/h3-10H,18H2,1-2H3,(H,19,22). The number of nitrogens with two attached hydrogens (primary N) is 1. The van der Waals surface area contributed by atoms with Gasteiger partial charge in [-0.3, -0.25) is 4.79 Å². The lowest BCUT2D eigenvalue weighted by molar-refractivity contribution is 0.0961. The number of rotatable bonds is 2. The van der Waals surface area contributed by atoms with E-state index < -0.39 is 5.69 Å². The van der Waals surface area contributed by atoms with Crippen LogP contribution in [0.4, 0.5) is 5.69 Å². The molecule has 1 aromatic heterocycles. The van der Waals surface area contributed by atoms with E-state index in [9.17, 15) is 9.59 Å². The molecule has 5 nitrogen and oxygen atoms in total. The van der Waals surface area contributed by atoms with E-state index in [1.54, 1.807) is 30.3 Å². The minimum atomic E-state index is -0.460. The number of carbonyl (C=O) groups excluding carboxylic acids is 1. The van der Waals surface area contributed by atoms with Gasteiger partial charge >= 0.3 is 5.69 Å². The minimum absolute atomic E-state index is 0.364. The predicted molar refractivity (Wildman–Crippen MR) is 87.2 cm³/mol. The summed E-state index contributed by atoms with van der Waals surface area (Å²) in [6, 6.07) is 12.3. The van der Waals surface area contributed by atoms with Crippen molar-refractivity contribution in [3.63, 3.8) is 0 Å². The first kappa shape index (κ1) is 14.1. The molecular formula is C17H17N3O2. The third-order valence-electron chi connectivity index (χ3n) is 3.73. The highest BCUT2D eigenvalue weighted by atomic mass is 16.2. The third-order valence-corrected chi connectivity index (χ3v) is 3.73. The van der Waals surface area contributed by atoms with Crippen LogP contribution in [-0.2, 0) is 0 Å². The van der Waals surface area contributed by atoms with Crippen molar-refractivity contribution in [2.45, 2.75) is 19.8 Å². The Balaban J connectivity index is 2.10. The second kappa shape index (κ2) is 5.18. The maximum Gasteiger partial charge on any atom is 0.333 e. The number of H-pyrrole nitrogens is 1. The molecule has 0 atom stereocenters. The van der Waals surface area contributed by atoms with Crippen molar-refractivity contribution in [2.24, 2.45) is 0 Å². The number of fused-ring (bicyclic) bond motifs is 1. The van der Waals surface area contributed by atoms with Crippen molar-refractivity contribution >= 4 is 22.6 Å². The summed E-state index contributed by atoms with van der Waals surface area (Å²) in [5.74, 6) is 0.0249. The quantitative estimate of drug-likeness (QED) is 0.713. The van der Waals surface area contributed by atoms with Gasteiger partial charge in [-0.15, -0.1) is 0 Å². The molecule has 0 aliphatic carbocycles. The maximum atomic E-state index is 12.6. The Morgan fingerprint density at radius 3 is 2.45 bits per heavy atom. The van der Waals surface area contributed by atoms with Crippen LogP contribution in [0.3, 0.4) is 0 Å². The number of nitrogens with one attached hydrogen (secondary N) is 1. The smallest absolute Gasteiger partial charge is 0.333 e. The SMILES string of the molecule is CC(C)c1ccc(C(=O)n2c(=O)[nH]c3ccc(N)cc32)cc1. The first-order valence-electron chi connectivity index (χ1n) is 7.12. The number of hydrogen-bond acceptors (Lipinski definition) is 3. The van der Waals surface area contributed by atoms with Crippen LogP contribution in [0.1, 0.15) is 35.7 Å². The number of hydrogen-bond donors (Lipinski definition) is 2. The number of benzene rings is 2. The van der Waals surface area contributed by atoms with Gasteiger partial charge in [0, 0.05) is 11.3 Å². The van der Waals surface area contributed by atoms with Gasteiger partial charge in [-0.05, 0) is 41.8 Å². The van der Waals surface area contributed by atoms with E-state index in [0.29, 0.717) is 28.2 Å². The summed E-state index contributed by atoms with van der Waals surface area (Å²) in [4.78, 5) is 27.4. The molecule has 1 heterocycles. The van der Waals surface area contributed by atoms with Gasteiger partial charge in [-0.2, -0.15) is 0 Å². The van der Waals surface area contributed by atoms with E-state index in [4.69, 9.17) is 5.73 Å². The van der Waals surface area contributed by atoms with Gasteiger partial charge < -0.3 is 10.7 Å². The lowest BCUT2D eigenvalue weighted by Crippen LogP contribution is -2.24. The van der Waals surface area contributed by atoms with Gasteiger partial charge in [0.2, 0.25) is 0 Å². The molecule has 3 rings (SSSR count). The summed E-state index contributed by atoms with van der Waals surface area (Å²) in [5, 5.41) is 0. The fourth-order valence-electron chi connectivity index (χ4n) is 2.46. The lowest BCUT2D eigenvalue weighted by atomic mass is 10.0. The average Bonchev–Trinajstić information content (AvgIpc) is 2.82. The number of aromatic nitrogens is 2. The Hall–Kier alpha value is -2.82. The molecule has 0 saturated heterocycles. The van der Waals surface area contributed by atoms with Gasteiger partial charge in [-0.1, -0.05) is 26.0 Å². The monoisotopic (exact) mass is 295 g/mol. The number of nitrogens with zero attached hydrogens (tertiary/aromatic N) is 1. The molecule has 0 unspecified atom stereocenters. The Morgan fingerprint density at radius 1 is 1.14 bits per heavy atom. The molecule has 5 heteroatoms. The third kappa shape index (κ3) is 2.30. The minimum Gasteiger partial charge on any atom is -0.399 e. The molecule has 2 aromatic carbocycles. The Bertz CT molecular complexity index is 902. The zero-order valence-corrected chi connectivity index (χ0v) is 12.5. The van der Waals surface area contributed by atoms with Crippen molar-refractivity contribution in [1.82, 2.24) is 9.55 Å². The topological polar surface area (TPSA) is 80.9 Å². The summed E-state index contributed by atoms with van der Waals surface area (Å²) < 4.78 is 1.12. The fraction of sp³-hybridized carbons (Fsp3) is 0.176. The van der Waals surface area contributed by atoms with Gasteiger partial charge in [0.25, 0.3) is 5.91 Å². The van der Waals surface area contributed by atoms with Crippen LogP contribution >= 0.6 is 0 Å². The summed E-state index contributed by atoms with van der Waals surface area (Å²) in [6.07, 6.45) is 0. The van der Waals surface area contributed by atoms with E-state index in [-0.39, 0.29) is 5.91 Å². The van der Waals surface area contributed by atoms with Gasteiger partial charge in [-0.25, -0.2) is 9.36 Å². The molecule has 3 aromatic rings. The summed E-state index contributed by atoms with van der Waals surface area (Å²) in [6.45, 7) is 4.17. The Kier molecular flexibility index (Phi) is 3.33. The van der Waals surface area contributed by atoms with Crippen LogP contribution in [0, 0.1) is 0 Å². The number of nitrogen functional groups attached to an aromatic ring is 1. The summed E-state index contributed by atoms with van der Waals surface area (Å²) >= 11 is 0. The largest absolute Gasteiger partial charge is 0.399 e. The molecule has 0 spiro atoms. The van der Waals surface area contributed by atoms with Crippen molar-refractivity contribution in [1.29, 1.82) is 0 Å². The van der Waals surface area contributed by atoms with E-state index in [1.165, 1.54) is 0 Å². The molecule has 0 fully saturated rings. The number of aromatic amines is 1. The van der Waals surface area contributed by atoms with E-state index in [1.807, 2.05) is 12.1 Å². The highest BCUT2D eigenvalue weighted by molar-refractivity contribution is 6.01. The van der Waals surface area contributed by atoms with Crippen LogP contribution in [0.5, 0.6) is 0 Å². The van der Waals surface area contributed by atoms with Crippen LogP contribution < -0.4 is 11.4 Å². The highest BCUT2D eigenvalue weighted by Gasteiger charge is 2.16. The van der Waals surface area contributed by atoms with E-state index in [0.717, 1.165) is 10.1 Å². The molecule has 112 valence electrons. The van der Waals surface area contributed by atoms with Crippen LogP contribution in [-0.4, -0.2) is 15.5 Å². The second-order valence-corrected chi connectivity index (χ2v) is 5.62.